The molecular formula is C11H15IN2O2S. The fourth-order valence-corrected chi connectivity index (χ4v) is 2.70. The van der Waals surface area contributed by atoms with Crippen LogP contribution < -0.4 is 5.32 Å². The summed E-state index contributed by atoms with van der Waals surface area (Å²) in [6.07, 6.45) is 0.837. The number of thiophene rings is 1. The number of halogens is 1. The van der Waals surface area contributed by atoms with Gasteiger partial charge in [-0.25, -0.2) is 0 Å². The molecule has 0 saturated carbocycles. The third kappa shape index (κ3) is 4.27. The van der Waals surface area contributed by atoms with Crippen molar-refractivity contribution in [3.05, 3.63) is 19.9 Å². The quantitative estimate of drug-likeness (QED) is 0.810. The molecule has 1 heterocycles. The Balaban J connectivity index is 2.76. The first-order valence-electron chi connectivity index (χ1n) is 5.32. The van der Waals surface area contributed by atoms with Gasteiger partial charge in [-0.2, -0.15) is 0 Å². The summed E-state index contributed by atoms with van der Waals surface area (Å²) in [6, 6.07) is 1.85. The summed E-state index contributed by atoms with van der Waals surface area (Å²) in [5, 5.41) is 4.36. The molecule has 0 bridgehead atoms. The predicted octanol–water partition coefficient (Wildman–Crippen LogP) is 1.95. The van der Waals surface area contributed by atoms with Gasteiger partial charge in [-0.3, -0.25) is 9.59 Å². The molecule has 0 saturated heterocycles. The van der Waals surface area contributed by atoms with Gasteiger partial charge in [0, 0.05) is 19.0 Å². The minimum absolute atomic E-state index is 0.0744. The summed E-state index contributed by atoms with van der Waals surface area (Å²) >= 11 is 3.71. The fraction of sp³-hybridized carbons (Fsp3) is 0.455. The average Bonchev–Trinajstić information content (AvgIpc) is 2.74. The highest BCUT2D eigenvalue weighted by molar-refractivity contribution is 14.1. The molecule has 1 aromatic rings. The number of rotatable bonds is 5. The van der Waals surface area contributed by atoms with Crippen LogP contribution in [-0.4, -0.2) is 36.9 Å². The number of nitrogens with zero attached hydrogens (tertiary/aromatic N) is 1. The Morgan fingerprint density at radius 3 is 2.71 bits per heavy atom. The largest absolute Gasteiger partial charge is 0.358 e. The SMILES string of the molecule is CCCN(CC(=O)NC)C(=O)c1csc(I)c1. The summed E-state index contributed by atoms with van der Waals surface area (Å²) in [4.78, 5) is 25.1. The first kappa shape index (κ1) is 14.4. The standard InChI is InChI=1S/C11H15IN2O2S/c1-3-4-14(6-10(15)13-2)11(16)8-5-9(12)17-7-8/h5,7H,3-4,6H2,1-2H3,(H,13,15). The summed E-state index contributed by atoms with van der Waals surface area (Å²) in [5.74, 6) is -0.216. The van der Waals surface area contributed by atoms with E-state index in [1.165, 1.54) is 11.3 Å². The van der Waals surface area contributed by atoms with Crippen LogP contribution in [0.15, 0.2) is 11.4 Å². The molecule has 17 heavy (non-hydrogen) atoms. The number of nitrogens with one attached hydrogen (secondary N) is 1. The molecule has 0 aliphatic carbocycles. The van der Waals surface area contributed by atoms with Crippen LogP contribution >= 0.6 is 33.9 Å². The van der Waals surface area contributed by atoms with Crippen molar-refractivity contribution >= 4 is 45.7 Å². The molecule has 1 aromatic heterocycles. The van der Waals surface area contributed by atoms with Gasteiger partial charge in [0.1, 0.15) is 0 Å². The third-order valence-corrected chi connectivity index (χ3v) is 4.00. The topological polar surface area (TPSA) is 49.4 Å². The van der Waals surface area contributed by atoms with Gasteiger partial charge in [0.25, 0.3) is 5.91 Å². The molecule has 0 aliphatic rings. The number of likely N-dealkylation sites (N-methyl/N-ethyl adjacent to an activating group) is 1. The third-order valence-electron chi connectivity index (χ3n) is 2.21. The first-order valence-corrected chi connectivity index (χ1v) is 7.28. The van der Waals surface area contributed by atoms with Crippen LogP contribution in [0.2, 0.25) is 0 Å². The second-order valence-corrected chi connectivity index (χ2v) is 6.34. The van der Waals surface area contributed by atoms with E-state index in [1.807, 2.05) is 18.4 Å². The van der Waals surface area contributed by atoms with E-state index in [2.05, 4.69) is 27.9 Å². The smallest absolute Gasteiger partial charge is 0.255 e. The maximum atomic E-state index is 12.1. The molecule has 0 aliphatic heterocycles. The monoisotopic (exact) mass is 366 g/mol. The lowest BCUT2D eigenvalue weighted by atomic mass is 10.2. The normalized spacial score (nSPS) is 10.1. The van der Waals surface area contributed by atoms with Crippen LogP contribution in [0.3, 0.4) is 0 Å². The Bertz CT molecular complexity index is 406. The van der Waals surface area contributed by atoms with Gasteiger partial charge in [-0.1, -0.05) is 6.92 Å². The molecule has 0 radical (unpaired) electrons. The fourth-order valence-electron chi connectivity index (χ4n) is 1.38. The van der Waals surface area contributed by atoms with E-state index < -0.39 is 0 Å². The second kappa shape index (κ2) is 6.95. The van der Waals surface area contributed by atoms with E-state index in [1.54, 1.807) is 11.9 Å². The second-order valence-electron chi connectivity index (χ2n) is 3.54. The van der Waals surface area contributed by atoms with Crippen LogP contribution in [-0.2, 0) is 4.79 Å². The Morgan fingerprint density at radius 2 is 2.24 bits per heavy atom. The molecule has 2 amide bonds. The van der Waals surface area contributed by atoms with Crippen LogP contribution in [0.1, 0.15) is 23.7 Å². The van der Waals surface area contributed by atoms with Crippen molar-refractivity contribution < 1.29 is 9.59 Å². The Morgan fingerprint density at radius 1 is 1.53 bits per heavy atom. The van der Waals surface area contributed by atoms with Gasteiger partial charge in [0.2, 0.25) is 5.91 Å². The van der Waals surface area contributed by atoms with Gasteiger partial charge in [-0.05, 0) is 35.1 Å². The van der Waals surface area contributed by atoms with Gasteiger partial charge in [0.05, 0.1) is 15.0 Å². The molecule has 0 atom stereocenters. The molecule has 0 aromatic carbocycles. The van der Waals surface area contributed by atoms with Crippen LogP contribution in [0.25, 0.3) is 0 Å². The zero-order chi connectivity index (χ0) is 12.8. The van der Waals surface area contributed by atoms with E-state index >= 15 is 0 Å². The highest BCUT2D eigenvalue weighted by Crippen LogP contribution is 2.18. The van der Waals surface area contributed by atoms with E-state index in [-0.39, 0.29) is 18.4 Å². The predicted molar refractivity (Wildman–Crippen MR) is 77.3 cm³/mol. The Kier molecular flexibility index (Phi) is 5.90. The molecule has 4 nitrogen and oxygen atoms in total. The molecule has 0 unspecified atom stereocenters. The maximum absolute atomic E-state index is 12.1. The number of amides is 2. The number of hydrogen-bond acceptors (Lipinski definition) is 3. The molecule has 0 spiro atoms. The summed E-state index contributed by atoms with van der Waals surface area (Å²) in [5.41, 5.74) is 0.664. The van der Waals surface area contributed by atoms with Gasteiger partial charge in [-0.15, -0.1) is 11.3 Å². The minimum atomic E-state index is -0.142. The van der Waals surface area contributed by atoms with Crippen molar-refractivity contribution in [2.45, 2.75) is 13.3 Å². The van der Waals surface area contributed by atoms with Crippen molar-refractivity contribution in [3.8, 4) is 0 Å². The molecule has 1 N–H and O–H groups in total. The molecule has 6 heteroatoms. The Hall–Kier alpha value is -0.630. The molecule has 94 valence electrons. The number of hydrogen-bond donors (Lipinski definition) is 1. The first-order chi connectivity index (χ1) is 8.08. The summed E-state index contributed by atoms with van der Waals surface area (Å²) in [7, 11) is 1.57. The zero-order valence-corrected chi connectivity index (χ0v) is 12.8. The van der Waals surface area contributed by atoms with E-state index in [9.17, 15) is 9.59 Å². The van der Waals surface area contributed by atoms with Gasteiger partial charge in [0.15, 0.2) is 0 Å². The van der Waals surface area contributed by atoms with E-state index in [0.717, 1.165) is 9.30 Å². The van der Waals surface area contributed by atoms with Crippen LogP contribution in [0, 0.1) is 2.88 Å². The van der Waals surface area contributed by atoms with Crippen molar-refractivity contribution in [1.82, 2.24) is 10.2 Å². The van der Waals surface area contributed by atoms with Crippen molar-refractivity contribution in [2.24, 2.45) is 0 Å². The lowest BCUT2D eigenvalue weighted by molar-refractivity contribution is -0.121. The highest BCUT2D eigenvalue weighted by Gasteiger charge is 2.18. The lowest BCUT2D eigenvalue weighted by Crippen LogP contribution is -2.39. The minimum Gasteiger partial charge on any atom is -0.358 e. The molecule has 1 rings (SSSR count). The molecule has 0 fully saturated rings. The van der Waals surface area contributed by atoms with E-state index in [0.29, 0.717) is 12.1 Å². The van der Waals surface area contributed by atoms with Crippen molar-refractivity contribution in [1.29, 1.82) is 0 Å². The van der Waals surface area contributed by atoms with Gasteiger partial charge < -0.3 is 10.2 Å². The van der Waals surface area contributed by atoms with Gasteiger partial charge >= 0.3 is 0 Å². The highest BCUT2D eigenvalue weighted by atomic mass is 127. The Labute approximate surface area is 119 Å². The van der Waals surface area contributed by atoms with Crippen LogP contribution in [0.4, 0.5) is 0 Å². The average molecular weight is 366 g/mol. The maximum Gasteiger partial charge on any atom is 0.255 e. The van der Waals surface area contributed by atoms with E-state index in [4.69, 9.17) is 0 Å². The summed E-state index contributed by atoms with van der Waals surface area (Å²) < 4.78 is 1.07. The van der Waals surface area contributed by atoms with Crippen LogP contribution in [0.5, 0.6) is 0 Å². The van der Waals surface area contributed by atoms with Crippen molar-refractivity contribution in [3.63, 3.8) is 0 Å². The lowest BCUT2D eigenvalue weighted by Gasteiger charge is -2.20. The molecular weight excluding hydrogens is 351 g/mol. The summed E-state index contributed by atoms with van der Waals surface area (Å²) in [6.45, 7) is 2.70. The number of carbonyl (C=O) groups is 2. The number of carbonyl (C=O) groups excluding carboxylic acids is 2. The van der Waals surface area contributed by atoms with Crippen molar-refractivity contribution in [2.75, 3.05) is 20.1 Å². The zero-order valence-electron chi connectivity index (χ0n) is 9.83.